The maximum Gasteiger partial charge on any atom is 0.251 e. The number of fused-ring (bicyclic) bond motifs is 1. The predicted molar refractivity (Wildman–Crippen MR) is 83.4 cm³/mol. The van der Waals surface area contributed by atoms with Crippen molar-refractivity contribution < 1.29 is 4.79 Å². The van der Waals surface area contributed by atoms with Gasteiger partial charge in [0.1, 0.15) is 0 Å². The molecular formula is C15H15ClN2OS. The topological polar surface area (TPSA) is 55.1 Å². The molecule has 0 unspecified atom stereocenters. The van der Waals surface area contributed by atoms with Crippen molar-refractivity contribution in [3.8, 4) is 0 Å². The van der Waals surface area contributed by atoms with Crippen molar-refractivity contribution in [2.24, 2.45) is 0 Å². The number of amides is 1. The number of nitrogens with two attached hydrogens (primary N) is 1. The molecule has 0 aliphatic heterocycles. The van der Waals surface area contributed by atoms with Crippen LogP contribution in [0.1, 0.15) is 32.1 Å². The van der Waals surface area contributed by atoms with Gasteiger partial charge in [0.15, 0.2) is 0 Å². The fourth-order valence-corrected chi connectivity index (χ4v) is 3.93. The first-order valence-corrected chi connectivity index (χ1v) is 7.76. The molecule has 0 bridgehead atoms. The van der Waals surface area contributed by atoms with Crippen LogP contribution in [0.15, 0.2) is 24.3 Å². The van der Waals surface area contributed by atoms with Crippen LogP contribution in [-0.4, -0.2) is 5.91 Å². The zero-order chi connectivity index (χ0) is 14.1. The van der Waals surface area contributed by atoms with Gasteiger partial charge in [-0.2, -0.15) is 0 Å². The van der Waals surface area contributed by atoms with E-state index in [9.17, 15) is 4.79 Å². The number of thiophene rings is 1. The maximum absolute atomic E-state index is 12.1. The summed E-state index contributed by atoms with van der Waals surface area (Å²) in [6.45, 7) is 0.558. The molecule has 0 atom stereocenters. The molecule has 104 valence electrons. The summed E-state index contributed by atoms with van der Waals surface area (Å²) in [6, 6.07) is 7.10. The third-order valence-corrected chi connectivity index (χ3v) is 4.86. The molecule has 5 heteroatoms. The van der Waals surface area contributed by atoms with E-state index in [-0.39, 0.29) is 5.91 Å². The molecule has 1 heterocycles. The van der Waals surface area contributed by atoms with Crippen LogP contribution in [-0.2, 0) is 19.4 Å². The van der Waals surface area contributed by atoms with Crippen LogP contribution in [0.2, 0.25) is 5.02 Å². The second-order valence-corrected chi connectivity index (χ2v) is 6.63. The Kier molecular flexibility index (Phi) is 3.68. The molecule has 0 saturated carbocycles. The highest BCUT2D eigenvalue weighted by Crippen LogP contribution is 2.30. The molecule has 1 aliphatic carbocycles. The Bertz CT molecular complexity index is 624. The zero-order valence-corrected chi connectivity index (χ0v) is 12.5. The van der Waals surface area contributed by atoms with Crippen molar-refractivity contribution in [2.75, 3.05) is 5.73 Å². The van der Waals surface area contributed by atoms with Crippen molar-refractivity contribution in [2.45, 2.75) is 25.8 Å². The van der Waals surface area contributed by atoms with Gasteiger partial charge >= 0.3 is 0 Å². The molecule has 3 rings (SSSR count). The third kappa shape index (κ3) is 2.81. The highest BCUT2D eigenvalue weighted by Gasteiger charge is 2.15. The number of hydrogen-bond donors (Lipinski definition) is 2. The van der Waals surface area contributed by atoms with E-state index in [1.807, 2.05) is 0 Å². The van der Waals surface area contributed by atoms with Gasteiger partial charge in [0.2, 0.25) is 0 Å². The lowest BCUT2D eigenvalue weighted by atomic mass is 10.2. The standard InChI is InChI=1S/C15H15ClN2OS/c16-11-4-10(5-12(17)7-11)15(19)18-8-13-6-9-2-1-3-14(9)20-13/h4-7H,1-3,8,17H2,(H,18,19). The van der Waals surface area contributed by atoms with E-state index >= 15 is 0 Å². The van der Waals surface area contributed by atoms with Crippen LogP contribution < -0.4 is 11.1 Å². The maximum atomic E-state index is 12.1. The van der Waals surface area contributed by atoms with Crippen LogP contribution in [0.4, 0.5) is 5.69 Å². The molecule has 2 aromatic rings. The van der Waals surface area contributed by atoms with Gasteiger partial charge in [-0.3, -0.25) is 4.79 Å². The minimum atomic E-state index is -0.146. The summed E-state index contributed by atoms with van der Waals surface area (Å²) in [5.41, 5.74) is 8.14. The Labute approximate surface area is 126 Å². The molecule has 3 N–H and O–H groups in total. The first-order valence-electron chi connectivity index (χ1n) is 6.56. The number of aryl methyl sites for hydroxylation is 2. The van der Waals surface area contributed by atoms with Gasteiger partial charge < -0.3 is 11.1 Å². The monoisotopic (exact) mass is 306 g/mol. The largest absolute Gasteiger partial charge is 0.399 e. The van der Waals surface area contributed by atoms with Crippen molar-refractivity contribution >= 4 is 34.5 Å². The molecule has 0 spiro atoms. The van der Waals surface area contributed by atoms with Gasteiger partial charge in [-0.1, -0.05) is 11.6 Å². The fourth-order valence-electron chi connectivity index (χ4n) is 2.49. The van der Waals surface area contributed by atoms with Crippen LogP contribution in [0.25, 0.3) is 0 Å². The lowest BCUT2D eigenvalue weighted by Crippen LogP contribution is -2.22. The second kappa shape index (κ2) is 5.46. The number of halogens is 1. The number of carbonyl (C=O) groups excluding carboxylic acids is 1. The molecule has 0 fully saturated rings. The second-order valence-electron chi connectivity index (χ2n) is 4.97. The Balaban J connectivity index is 1.66. The van der Waals surface area contributed by atoms with Crippen LogP contribution in [0.3, 0.4) is 0 Å². The molecule has 1 aromatic carbocycles. The first kappa shape index (κ1) is 13.5. The Hall–Kier alpha value is -1.52. The number of nitrogens with one attached hydrogen (secondary N) is 1. The summed E-state index contributed by atoms with van der Waals surface area (Å²) in [4.78, 5) is 14.8. The average molecular weight is 307 g/mol. The highest BCUT2D eigenvalue weighted by atomic mass is 35.5. The van der Waals surface area contributed by atoms with E-state index in [2.05, 4.69) is 11.4 Å². The molecule has 20 heavy (non-hydrogen) atoms. The number of hydrogen-bond acceptors (Lipinski definition) is 3. The van der Waals surface area contributed by atoms with E-state index in [1.54, 1.807) is 29.5 Å². The Morgan fingerprint density at radius 2 is 2.15 bits per heavy atom. The average Bonchev–Trinajstić information content (AvgIpc) is 2.95. The molecule has 1 aliphatic rings. The summed E-state index contributed by atoms with van der Waals surface area (Å²) in [5.74, 6) is -0.146. The van der Waals surface area contributed by atoms with Gasteiger partial charge in [-0.25, -0.2) is 0 Å². The minimum absolute atomic E-state index is 0.146. The lowest BCUT2D eigenvalue weighted by Gasteiger charge is -2.05. The smallest absolute Gasteiger partial charge is 0.251 e. The van der Waals surface area contributed by atoms with E-state index in [1.165, 1.54) is 34.6 Å². The predicted octanol–water partition coefficient (Wildman–Crippen LogP) is 3.40. The molecule has 1 amide bonds. The number of anilines is 1. The van der Waals surface area contributed by atoms with Gasteiger partial charge in [-0.05, 0) is 49.1 Å². The van der Waals surface area contributed by atoms with Crippen LogP contribution in [0, 0.1) is 0 Å². The van der Waals surface area contributed by atoms with Gasteiger partial charge in [-0.15, -0.1) is 11.3 Å². The van der Waals surface area contributed by atoms with E-state index in [0.717, 1.165) is 0 Å². The molecule has 0 radical (unpaired) electrons. The molecular weight excluding hydrogens is 292 g/mol. The number of benzene rings is 1. The van der Waals surface area contributed by atoms with Crippen LogP contribution in [0.5, 0.6) is 0 Å². The summed E-state index contributed by atoms with van der Waals surface area (Å²) < 4.78 is 0. The van der Waals surface area contributed by atoms with E-state index < -0.39 is 0 Å². The highest BCUT2D eigenvalue weighted by molar-refractivity contribution is 7.12. The minimum Gasteiger partial charge on any atom is -0.399 e. The van der Waals surface area contributed by atoms with E-state index in [0.29, 0.717) is 22.8 Å². The number of carbonyl (C=O) groups is 1. The van der Waals surface area contributed by atoms with Crippen molar-refractivity contribution in [3.63, 3.8) is 0 Å². The Morgan fingerprint density at radius 1 is 1.30 bits per heavy atom. The number of nitrogen functional groups attached to an aromatic ring is 1. The third-order valence-electron chi connectivity index (χ3n) is 3.40. The zero-order valence-electron chi connectivity index (χ0n) is 10.9. The van der Waals surface area contributed by atoms with Crippen molar-refractivity contribution in [1.29, 1.82) is 0 Å². The molecule has 1 aromatic heterocycles. The lowest BCUT2D eigenvalue weighted by molar-refractivity contribution is 0.0951. The van der Waals surface area contributed by atoms with Crippen LogP contribution >= 0.6 is 22.9 Å². The summed E-state index contributed by atoms with van der Waals surface area (Å²) in [5, 5.41) is 3.39. The first-order chi connectivity index (χ1) is 9.61. The summed E-state index contributed by atoms with van der Waals surface area (Å²) >= 11 is 7.70. The summed E-state index contributed by atoms with van der Waals surface area (Å²) in [7, 11) is 0. The molecule has 3 nitrogen and oxygen atoms in total. The fraction of sp³-hybridized carbons (Fsp3) is 0.267. The van der Waals surface area contributed by atoms with Gasteiger partial charge in [0.05, 0.1) is 6.54 Å². The quantitative estimate of drug-likeness (QED) is 0.854. The van der Waals surface area contributed by atoms with Crippen molar-refractivity contribution in [1.82, 2.24) is 5.32 Å². The number of rotatable bonds is 3. The molecule has 0 saturated heterocycles. The van der Waals surface area contributed by atoms with Gasteiger partial charge in [0.25, 0.3) is 5.91 Å². The summed E-state index contributed by atoms with van der Waals surface area (Å²) in [6.07, 6.45) is 3.61. The van der Waals surface area contributed by atoms with E-state index in [4.69, 9.17) is 17.3 Å². The normalized spacial score (nSPS) is 13.2. The Morgan fingerprint density at radius 3 is 2.90 bits per heavy atom. The van der Waals surface area contributed by atoms with Crippen molar-refractivity contribution in [3.05, 3.63) is 50.2 Å². The SMILES string of the molecule is Nc1cc(Cl)cc(C(=O)NCc2cc3c(s2)CCC3)c1. The van der Waals surface area contributed by atoms with Gasteiger partial charge in [0, 0.05) is 26.0 Å².